The van der Waals surface area contributed by atoms with Crippen molar-refractivity contribution in [1.29, 1.82) is 0 Å². The van der Waals surface area contributed by atoms with E-state index in [0.717, 1.165) is 53.6 Å². The number of piperidine rings is 1. The summed E-state index contributed by atoms with van der Waals surface area (Å²) in [5.74, 6) is -0.143. The molecule has 1 atom stereocenters. The topological polar surface area (TPSA) is 56.9 Å². The van der Waals surface area contributed by atoms with Crippen molar-refractivity contribution in [1.82, 2.24) is 10.3 Å². The molecule has 4 nitrogen and oxygen atoms in total. The number of amides is 1. The largest absolute Gasteiger partial charge is 0.360 e. The van der Waals surface area contributed by atoms with Gasteiger partial charge in [-0.25, -0.2) is 4.39 Å². The highest BCUT2D eigenvalue weighted by Crippen LogP contribution is 2.30. The highest BCUT2D eigenvalue weighted by atomic mass is 19.1. The van der Waals surface area contributed by atoms with Crippen molar-refractivity contribution < 1.29 is 9.18 Å². The molecule has 2 aromatic carbocycles. The van der Waals surface area contributed by atoms with Gasteiger partial charge in [-0.05, 0) is 55.3 Å². The SMILES string of the molecule is O=C(Nc1ccc(-c2c[nH]c3cc(F)ccc23)cc1)[C@@H]1CCCNC1. The third-order valence-electron chi connectivity index (χ3n) is 4.77. The Balaban J connectivity index is 1.52. The maximum Gasteiger partial charge on any atom is 0.228 e. The zero-order valence-electron chi connectivity index (χ0n) is 13.8. The van der Waals surface area contributed by atoms with Crippen LogP contribution in [0.2, 0.25) is 0 Å². The van der Waals surface area contributed by atoms with Crippen LogP contribution >= 0.6 is 0 Å². The van der Waals surface area contributed by atoms with Crippen molar-refractivity contribution in [2.75, 3.05) is 18.4 Å². The highest BCUT2D eigenvalue weighted by Gasteiger charge is 2.20. The second kappa shape index (κ2) is 6.69. The summed E-state index contributed by atoms with van der Waals surface area (Å²) in [6.45, 7) is 1.74. The Morgan fingerprint density at radius 1 is 1.16 bits per heavy atom. The standard InChI is InChI=1S/C20H20FN3O/c21-15-5-8-17-18(12-23-19(17)10-15)13-3-6-16(7-4-13)24-20(25)14-2-1-9-22-11-14/h3-8,10,12,14,22-23H,1-2,9,11H2,(H,24,25)/t14-/m1/s1. The summed E-state index contributed by atoms with van der Waals surface area (Å²) in [4.78, 5) is 15.4. The molecule has 128 valence electrons. The van der Waals surface area contributed by atoms with Crippen LogP contribution in [0.5, 0.6) is 0 Å². The molecule has 2 heterocycles. The van der Waals surface area contributed by atoms with Crippen LogP contribution in [0.1, 0.15) is 12.8 Å². The number of carbonyl (C=O) groups excluding carboxylic acids is 1. The number of aromatic amines is 1. The predicted molar refractivity (Wildman–Crippen MR) is 97.9 cm³/mol. The van der Waals surface area contributed by atoms with Gasteiger partial charge in [-0.2, -0.15) is 0 Å². The van der Waals surface area contributed by atoms with Crippen molar-refractivity contribution in [2.24, 2.45) is 5.92 Å². The molecule has 1 aliphatic heterocycles. The van der Waals surface area contributed by atoms with E-state index < -0.39 is 0 Å². The van der Waals surface area contributed by atoms with Crippen LogP contribution < -0.4 is 10.6 Å². The Labute approximate surface area is 145 Å². The summed E-state index contributed by atoms with van der Waals surface area (Å²) in [7, 11) is 0. The molecule has 0 unspecified atom stereocenters. The van der Waals surface area contributed by atoms with E-state index in [1.165, 1.54) is 12.1 Å². The van der Waals surface area contributed by atoms with Gasteiger partial charge < -0.3 is 15.6 Å². The third kappa shape index (κ3) is 3.28. The van der Waals surface area contributed by atoms with E-state index in [1.807, 2.05) is 30.5 Å². The van der Waals surface area contributed by atoms with Gasteiger partial charge in [0.1, 0.15) is 5.82 Å². The number of fused-ring (bicyclic) bond motifs is 1. The molecule has 5 heteroatoms. The molecule has 25 heavy (non-hydrogen) atoms. The first-order valence-corrected chi connectivity index (χ1v) is 8.59. The van der Waals surface area contributed by atoms with E-state index in [4.69, 9.17) is 0 Å². The van der Waals surface area contributed by atoms with Crippen LogP contribution in [0.3, 0.4) is 0 Å². The molecule has 0 bridgehead atoms. The molecule has 1 aromatic heterocycles. The van der Waals surface area contributed by atoms with Crippen molar-refractivity contribution in [2.45, 2.75) is 12.8 Å². The molecule has 0 spiro atoms. The molecule has 0 saturated carbocycles. The zero-order chi connectivity index (χ0) is 17.2. The predicted octanol–water partition coefficient (Wildman–Crippen LogP) is 3.91. The second-order valence-electron chi connectivity index (χ2n) is 6.50. The lowest BCUT2D eigenvalue weighted by Crippen LogP contribution is -2.37. The maximum absolute atomic E-state index is 13.3. The lowest BCUT2D eigenvalue weighted by atomic mass is 9.98. The van der Waals surface area contributed by atoms with Crippen molar-refractivity contribution in [3.05, 3.63) is 54.5 Å². The number of nitrogens with one attached hydrogen (secondary N) is 3. The fraction of sp³-hybridized carbons (Fsp3) is 0.250. The number of halogens is 1. The highest BCUT2D eigenvalue weighted by molar-refractivity contribution is 5.96. The van der Waals surface area contributed by atoms with Gasteiger partial charge in [0.25, 0.3) is 0 Å². The molecule has 3 N–H and O–H groups in total. The Morgan fingerprint density at radius 3 is 2.76 bits per heavy atom. The van der Waals surface area contributed by atoms with Crippen molar-refractivity contribution >= 4 is 22.5 Å². The molecule has 4 rings (SSSR count). The van der Waals surface area contributed by atoms with E-state index in [0.29, 0.717) is 0 Å². The van der Waals surface area contributed by atoms with Crippen LogP contribution in [-0.2, 0) is 4.79 Å². The Hall–Kier alpha value is -2.66. The van der Waals surface area contributed by atoms with E-state index >= 15 is 0 Å². The molecular formula is C20H20FN3O. The van der Waals surface area contributed by atoms with Crippen LogP contribution in [0, 0.1) is 11.7 Å². The van der Waals surface area contributed by atoms with Gasteiger partial charge in [-0.3, -0.25) is 4.79 Å². The lowest BCUT2D eigenvalue weighted by molar-refractivity contribution is -0.120. The van der Waals surface area contributed by atoms with Crippen LogP contribution in [0.4, 0.5) is 10.1 Å². The summed E-state index contributed by atoms with van der Waals surface area (Å²) in [6.07, 6.45) is 3.85. The average molecular weight is 337 g/mol. The number of H-pyrrole nitrogens is 1. The first kappa shape index (κ1) is 15.8. The Morgan fingerprint density at radius 2 is 2.00 bits per heavy atom. The monoisotopic (exact) mass is 337 g/mol. The number of hydrogen-bond donors (Lipinski definition) is 3. The lowest BCUT2D eigenvalue weighted by Gasteiger charge is -2.21. The van der Waals surface area contributed by atoms with Gasteiger partial charge in [0.15, 0.2) is 0 Å². The third-order valence-corrected chi connectivity index (χ3v) is 4.77. The molecule has 1 saturated heterocycles. The normalized spacial score (nSPS) is 17.6. The van der Waals surface area contributed by atoms with Gasteiger partial charge in [0.2, 0.25) is 5.91 Å². The molecule has 0 aliphatic carbocycles. The summed E-state index contributed by atoms with van der Waals surface area (Å²) in [6, 6.07) is 12.5. The van der Waals surface area contributed by atoms with E-state index in [1.54, 1.807) is 6.07 Å². The quantitative estimate of drug-likeness (QED) is 0.679. The van der Waals surface area contributed by atoms with Crippen molar-refractivity contribution in [3.8, 4) is 11.1 Å². The number of aromatic nitrogens is 1. The summed E-state index contributed by atoms with van der Waals surface area (Å²) in [5, 5.41) is 7.23. The van der Waals surface area contributed by atoms with Gasteiger partial charge in [0, 0.05) is 34.9 Å². The summed E-state index contributed by atoms with van der Waals surface area (Å²) >= 11 is 0. The maximum atomic E-state index is 13.3. The average Bonchev–Trinajstić information content (AvgIpc) is 3.06. The van der Waals surface area contributed by atoms with Gasteiger partial charge >= 0.3 is 0 Å². The molecule has 0 radical (unpaired) electrons. The molecule has 3 aromatic rings. The molecule has 1 fully saturated rings. The van der Waals surface area contributed by atoms with E-state index in [2.05, 4.69) is 15.6 Å². The Bertz CT molecular complexity index is 895. The summed E-state index contributed by atoms with van der Waals surface area (Å²) in [5.41, 5.74) is 3.61. The van der Waals surface area contributed by atoms with Crippen LogP contribution in [-0.4, -0.2) is 24.0 Å². The van der Waals surface area contributed by atoms with E-state index in [9.17, 15) is 9.18 Å². The number of rotatable bonds is 3. The minimum atomic E-state index is -0.254. The first-order chi connectivity index (χ1) is 12.2. The van der Waals surface area contributed by atoms with Crippen molar-refractivity contribution in [3.63, 3.8) is 0 Å². The fourth-order valence-electron chi connectivity index (χ4n) is 3.39. The minimum Gasteiger partial charge on any atom is -0.360 e. The molecule has 1 amide bonds. The zero-order valence-corrected chi connectivity index (χ0v) is 13.8. The minimum absolute atomic E-state index is 0.0388. The number of hydrogen-bond acceptors (Lipinski definition) is 2. The summed E-state index contributed by atoms with van der Waals surface area (Å²) < 4.78 is 13.3. The van der Waals surface area contributed by atoms with Gasteiger partial charge in [-0.15, -0.1) is 0 Å². The first-order valence-electron chi connectivity index (χ1n) is 8.59. The van der Waals surface area contributed by atoms with Crippen LogP contribution in [0.25, 0.3) is 22.0 Å². The van der Waals surface area contributed by atoms with Gasteiger partial charge in [-0.1, -0.05) is 12.1 Å². The van der Waals surface area contributed by atoms with Crippen LogP contribution in [0.15, 0.2) is 48.7 Å². The molecular weight excluding hydrogens is 317 g/mol. The number of anilines is 1. The van der Waals surface area contributed by atoms with E-state index in [-0.39, 0.29) is 17.6 Å². The fourth-order valence-corrected chi connectivity index (χ4v) is 3.39. The second-order valence-corrected chi connectivity index (χ2v) is 6.50. The molecule has 1 aliphatic rings. The van der Waals surface area contributed by atoms with Gasteiger partial charge in [0.05, 0.1) is 5.92 Å². The number of benzene rings is 2. The Kier molecular flexibility index (Phi) is 4.24. The number of carbonyl (C=O) groups is 1. The smallest absolute Gasteiger partial charge is 0.228 e.